The number of esters is 1. The summed E-state index contributed by atoms with van der Waals surface area (Å²) in [7, 11) is 2.86. The molecule has 1 aromatic carbocycles. The van der Waals surface area contributed by atoms with Crippen LogP contribution in [-0.4, -0.2) is 45.8 Å². The second-order valence-corrected chi connectivity index (χ2v) is 5.51. The first kappa shape index (κ1) is 22.5. The normalized spacial score (nSPS) is 11.3. The molecule has 0 unspecified atom stereocenters. The summed E-state index contributed by atoms with van der Waals surface area (Å²) in [6.07, 6.45) is 1.82. The number of hydrogen-bond acceptors (Lipinski definition) is 5. The summed E-state index contributed by atoms with van der Waals surface area (Å²) >= 11 is 0. The zero-order valence-corrected chi connectivity index (χ0v) is 15.9. The number of benzene rings is 1. The molecule has 0 aromatic heterocycles. The van der Waals surface area contributed by atoms with Crippen molar-refractivity contribution in [2.75, 3.05) is 27.3 Å². The van der Waals surface area contributed by atoms with Crippen LogP contribution in [0.3, 0.4) is 0 Å². The molecule has 0 aliphatic rings. The number of halogens is 2. The molecule has 7 nitrogen and oxygen atoms in total. The van der Waals surface area contributed by atoms with Crippen molar-refractivity contribution in [1.29, 1.82) is 0 Å². The molecule has 0 aliphatic heterocycles. The SMILES string of the molecule is CCNC(=NCc1cc(OC)ccc1OC(F)F)NCCCCC(=O)OC. The third-order valence-corrected chi connectivity index (χ3v) is 3.56. The summed E-state index contributed by atoms with van der Waals surface area (Å²) in [4.78, 5) is 15.5. The summed E-state index contributed by atoms with van der Waals surface area (Å²) in [5.41, 5.74) is 0.484. The molecule has 0 bridgehead atoms. The lowest BCUT2D eigenvalue weighted by Gasteiger charge is -2.13. The maximum Gasteiger partial charge on any atom is 0.387 e. The van der Waals surface area contributed by atoms with Crippen molar-refractivity contribution in [3.63, 3.8) is 0 Å². The Kier molecular flexibility index (Phi) is 10.6. The van der Waals surface area contributed by atoms with E-state index in [-0.39, 0.29) is 18.3 Å². The number of rotatable bonds is 11. The van der Waals surface area contributed by atoms with E-state index >= 15 is 0 Å². The van der Waals surface area contributed by atoms with E-state index in [4.69, 9.17) is 4.74 Å². The molecule has 2 N–H and O–H groups in total. The van der Waals surface area contributed by atoms with Gasteiger partial charge in [0.05, 0.1) is 20.8 Å². The van der Waals surface area contributed by atoms with Gasteiger partial charge in [-0.05, 0) is 38.0 Å². The van der Waals surface area contributed by atoms with Crippen LogP contribution in [0, 0.1) is 0 Å². The molecule has 0 fully saturated rings. The van der Waals surface area contributed by atoms with Crippen LogP contribution in [0.4, 0.5) is 8.78 Å². The van der Waals surface area contributed by atoms with Crippen LogP contribution in [0.25, 0.3) is 0 Å². The van der Waals surface area contributed by atoms with E-state index in [0.717, 1.165) is 6.42 Å². The van der Waals surface area contributed by atoms with E-state index in [1.807, 2.05) is 6.92 Å². The Bertz CT molecular complexity index is 612. The molecule has 0 saturated carbocycles. The average Bonchev–Trinajstić information content (AvgIpc) is 2.65. The molecule has 152 valence electrons. The van der Waals surface area contributed by atoms with E-state index in [1.54, 1.807) is 12.1 Å². The first-order valence-corrected chi connectivity index (χ1v) is 8.70. The van der Waals surface area contributed by atoms with Gasteiger partial charge in [-0.15, -0.1) is 0 Å². The number of unbranched alkanes of at least 4 members (excludes halogenated alkanes) is 1. The number of aliphatic imine (C=N–C) groups is 1. The van der Waals surface area contributed by atoms with Gasteiger partial charge in [-0.3, -0.25) is 4.79 Å². The van der Waals surface area contributed by atoms with E-state index < -0.39 is 6.61 Å². The molecule has 0 saturated heterocycles. The van der Waals surface area contributed by atoms with Gasteiger partial charge in [-0.1, -0.05) is 0 Å². The molecule has 0 radical (unpaired) electrons. The topological polar surface area (TPSA) is 81.2 Å². The summed E-state index contributed by atoms with van der Waals surface area (Å²) in [5.74, 6) is 0.896. The predicted octanol–water partition coefficient (Wildman–Crippen LogP) is 2.70. The van der Waals surface area contributed by atoms with Gasteiger partial charge in [0.2, 0.25) is 0 Å². The number of carbonyl (C=O) groups is 1. The highest BCUT2D eigenvalue weighted by molar-refractivity contribution is 5.79. The lowest BCUT2D eigenvalue weighted by Crippen LogP contribution is -2.37. The molecule has 1 rings (SSSR count). The lowest BCUT2D eigenvalue weighted by molar-refractivity contribution is -0.140. The largest absolute Gasteiger partial charge is 0.497 e. The fourth-order valence-corrected chi connectivity index (χ4v) is 2.23. The maximum absolute atomic E-state index is 12.6. The highest BCUT2D eigenvalue weighted by Gasteiger charge is 2.11. The molecule has 0 heterocycles. The van der Waals surface area contributed by atoms with Gasteiger partial charge < -0.3 is 24.8 Å². The number of alkyl halides is 2. The van der Waals surface area contributed by atoms with Gasteiger partial charge in [-0.2, -0.15) is 8.78 Å². The van der Waals surface area contributed by atoms with Gasteiger partial charge >= 0.3 is 12.6 Å². The van der Waals surface area contributed by atoms with Crippen molar-refractivity contribution < 1.29 is 27.8 Å². The minimum absolute atomic E-state index is 0.0588. The van der Waals surface area contributed by atoms with Crippen molar-refractivity contribution in [3.05, 3.63) is 23.8 Å². The third-order valence-electron chi connectivity index (χ3n) is 3.56. The number of ether oxygens (including phenoxy) is 3. The van der Waals surface area contributed by atoms with E-state index in [1.165, 1.54) is 20.3 Å². The van der Waals surface area contributed by atoms with Crippen LogP contribution in [0.2, 0.25) is 0 Å². The summed E-state index contributed by atoms with van der Waals surface area (Å²) in [5, 5.41) is 6.22. The lowest BCUT2D eigenvalue weighted by atomic mass is 10.2. The van der Waals surface area contributed by atoms with Crippen molar-refractivity contribution in [2.45, 2.75) is 39.3 Å². The number of nitrogens with zero attached hydrogens (tertiary/aromatic N) is 1. The molecular weight excluding hydrogens is 360 g/mol. The monoisotopic (exact) mass is 387 g/mol. The van der Waals surface area contributed by atoms with Crippen LogP contribution in [0.1, 0.15) is 31.7 Å². The number of nitrogens with one attached hydrogen (secondary N) is 2. The Hall–Kier alpha value is -2.58. The zero-order valence-electron chi connectivity index (χ0n) is 15.9. The number of carbonyl (C=O) groups excluding carboxylic acids is 1. The van der Waals surface area contributed by atoms with Crippen LogP contribution in [0.5, 0.6) is 11.5 Å². The molecule has 1 aromatic rings. The Morgan fingerprint density at radius 2 is 2.00 bits per heavy atom. The molecule has 0 aliphatic carbocycles. The highest BCUT2D eigenvalue weighted by Crippen LogP contribution is 2.26. The van der Waals surface area contributed by atoms with Crippen LogP contribution in [0.15, 0.2) is 23.2 Å². The van der Waals surface area contributed by atoms with Crippen molar-refractivity contribution in [1.82, 2.24) is 10.6 Å². The van der Waals surface area contributed by atoms with Crippen molar-refractivity contribution in [3.8, 4) is 11.5 Å². The molecule has 27 heavy (non-hydrogen) atoms. The Labute approximate surface area is 158 Å². The standard InChI is InChI=1S/C18H27F2N3O4/c1-4-21-18(22-10-6-5-7-16(24)26-3)23-12-13-11-14(25-2)8-9-15(13)27-17(19)20/h8-9,11,17H,4-7,10,12H2,1-3H3,(H2,21,22,23). The van der Waals surface area contributed by atoms with Gasteiger partial charge in [0.25, 0.3) is 0 Å². The number of hydrogen-bond donors (Lipinski definition) is 2. The summed E-state index contributed by atoms with van der Waals surface area (Å²) in [6, 6.07) is 4.60. The molecule has 0 spiro atoms. The number of guanidine groups is 1. The van der Waals surface area contributed by atoms with E-state index in [2.05, 4.69) is 25.1 Å². The Morgan fingerprint density at radius 3 is 2.63 bits per heavy atom. The fraction of sp³-hybridized carbons (Fsp3) is 0.556. The van der Waals surface area contributed by atoms with Crippen molar-refractivity contribution in [2.24, 2.45) is 4.99 Å². The smallest absolute Gasteiger partial charge is 0.387 e. The first-order valence-electron chi connectivity index (χ1n) is 8.70. The summed E-state index contributed by atoms with van der Waals surface area (Å²) in [6.45, 7) is 0.401. The molecular formula is C18H27F2N3O4. The second-order valence-electron chi connectivity index (χ2n) is 5.51. The molecule has 0 atom stereocenters. The van der Waals surface area contributed by atoms with Gasteiger partial charge in [0, 0.05) is 25.1 Å². The minimum Gasteiger partial charge on any atom is -0.497 e. The Balaban J connectivity index is 2.69. The van der Waals surface area contributed by atoms with E-state index in [9.17, 15) is 13.6 Å². The van der Waals surface area contributed by atoms with Gasteiger partial charge in [0.15, 0.2) is 5.96 Å². The van der Waals surface area contributed by atoms with Crippen LogP contribution >= 0.6 is 0 Å². The average molecular weight is 387 g/mol. The van der Waals surface area contributed by atoms with E-state index in [0.29, 0.717) is 43.2 Å². The second kappa shape index (κ2) is 12.7. The fourth-order valence-electron chi connectivity index (χ4n) is 2.23. The quantitative estimate of drug-likeness (QED) is 0.263. The number of methoxy groups -OCH3 is 2. The molecule has 0 amide bonds. The van der Waals surface area contributed by atoms with Crippen LogP contribution in [-0.2, 0) is 16.1 Å². The van der Waals surface area contributed by atoms with Gasteiger partial charge in [-0.25, -0.2) is 4.99 Å². The van der Waals surface area contributed by atoms with Crippen LogP contribution < -0.4 is 20.1 Å². The highest BCUT2D eigenvalue weighted by atomic mass is 19.3. The predicted molar refractivity (Wildman–Crippen MR) is 98.3 cm³/mol. The first-order chi connectivity index (χ1) is 13.0. The minimum atomic E-state index is -2.91. The zero-order chi connectivity index (χ0) is 20.1. The Morgan fingerprint density at radius 1 is 1.22 bits per heavy atom. The van der Waals surface area contributed by atoms with Gasteiger partial charge in [0.1, 0.15) is 11.5 Å². The molecule has 9 heteroatoms. The summed E-state index contributed by atoms with van der Waals surface area (Å²) < 4.78 is 39.4. The van der Waals surface area contributed by atoms with Crippen molar-refractivity contribution >= 4 is 11.9 Å². The maximum atomic E-state index is 12.6. The third kappa shape index (κ3) is 9.07.